The Kier molecular flexibility index (Phi) is 2.75. The number of rotatable bonds is 1. The maximum atomic E-state index is 5.86. The number of thiophene rings is 1. The molecule has 2 aromatic heterocycles. The monoisotopic (exact) mass is 283 g/mol. The highest BCUT2D eigenvalue weighted by Gasteiger charge is 2.12. The second kappa shape index (κ2) is 3.90. The standard InChI is InChI=1S/C10H10BrN3S/c1-5-6(2)14-10(12)9(13-5)7-3-15-4-8(7)11/h3-4H,1-2H3,(H2,12,14). The quantitative estimate of drug-likeness (QED) is 0.875. The number of nitrogens with zero attached hydrogens (tertiary/aromatic N) is 2. The Morgan fingerprint density at radius 1 is 1.20 bits per heavy atom. The van der Waals surface area contributed by atoms with Gasteiger partial charge in [-0.05, 0) is 29.8 Å². The molecule has 5 heteroatoms. The molecule has 0 aliphatic carbocycles. The average molecular weight is 284 g/mol. The number of nitrogen functional groups attached to an aromatic ring is 1. The third kappa shape index (κ3) is 1.89. The molecule has 0 fully saturated rings. The zero-order chi connectivity index (χ0) is 11.0. The van der Waals surface area contributed by atoms with Gasteiger partial charge in [0.2, 0.25) is 0 Å². The number of anilines is 1. The van der Waals surface area contributed by atoms with Crippen LogP contribution in [0.25, 0.3) is 11.3 Å². The van der Waals surface area contributed by atoms with Crippen molar-refractivity contribution < 1.29 is 0 Å². The summed E-state index contributed by atoms with van der Waals surface area (Å²) >= 11 is 5.08. The van der Waals surface area contributed by atoms with Gasteiger partial charge in [-0.25, -0.2) is 9.97 Å². The van der Waals surface area contributed by atoms with Crippen molar-refractivity contribution in [3.05, 3.63) is 26.6 Å². The van der Waals surface area contributed by atoms with Gasteiger partial charge >= 0.3 is 0 Å². The van der Waals surface area contributed by atoms with E-state index in [1.165, 1.54) is 0 Å². The van der Waals surface area contributed by atoms with Crippen LogP contribution in [0.15, 0.2) is 15.2 Å². The van der Waals surface area contributed by atoms with Gasteiger partial charge in [-0.1, -0.05) is 0 Å². The first-order valence-electron chi connectivity index (χ1n) is 4.42. The second-order valence-corrected chi connectivity index (χ2v) is 4.86. The van der Waals surface area contributed by atoms with Crippen LogP contribution < -0.4 is 5.73 Å². The fraction of sp³-hybridized carbons (Fsp3) is 0.200. The number of hydrogen-bond donors (Lipinski definition) is 1. The van der Waals surface area contributed by atoms with Crippen LogP contribution in [0.1, 0.15) is 11.4 Å². The first kappa shape index (κ1) is 10.6. The van der Waals surface area contributed by atoms with Crippen molar-refractivity contribution in [1.82, 2.24) is 9.97 Å². The van der Waals surface area contributed by atoms with Crippen molar-refractivity contribution in [2.45, 2.75) is 13.8 Å². The van der Waals surface area contributed by atoms with Crippen molar-refractivity contribution in [1.29, 1.82) is 0 Å². The Morgan fingerprint density at radius 3 is 2.47 bits per heavy atom. The first-order chi connectivity index (χ1) is 7.09. The Morgan fingerprint density at radius 2 is 1.87 bits per heavy atom. The number of aryl methyl sites for hydroxylation is 2. The molecule has 2 aromatic rings. The van der Waals surface area contributed by atoms with Crippen LogP contribution in [0.4, 0.5) is 5.82 Å². The number of aromatic nitrogens is 2. The first-order valence-corrected chi connectivity index (χ1v) is 6.16. The van der Waals surface area contributed by atoms with E-state index in [2.05, 4.69) is 25.9 Å². The van der Waals surface area contributed by atoms with Crippen molar-refractivity contribution in [3.8, 4) is 11.3 Å². The van der Waals surface area contributed by atoms with Gasteiger partial charge in [0.05, 0.1) is 11.4 Å². The minimum Gasteiger partial charge on any atom is -0.382 e. The molecule has 15 heavy (non-hydrogen) atoms. The maximum Gasteiger partial charge on any atom is 0.150 e. The highest BCUT2D eigenvalue weighted by molar-refractivity contribution is 9.10. The van der Waals surface area contributed by atoms with Gasteiger partial charge in [-0.2, -0.15) is 11.3 Å². The summed E-state index contributed by atoms with van der Waals surface area (Å²) in [7, 11) is 0. The molecule has 0 saturated carbocycles. The predicted octanol–water partition coefficient (Wildman–Crippen LogP) is 3.17. The van der Waals surface area contributed by atoms with Crippen LogP contribution in [0, 0.1) is 13.8 Å². The van der Waals surface area contributed by atoms with Crippen LogP contribution in [0.5, 0.6) is 0 Å². The van der Waals surface area contributed by atoms with E-state index in [-0.39, 0.29) is 0 Å². The van der Waals surface area contributed by atoms with E-state index in [0.717, 1.165) is 27.1 Å². The normalized spacial score (nSPS) is 10.6. The van der Waals surface area contributed by atoms with Crippen LogP contribution in [0.3, 0.4) is 0 Å². The molecule has 0 unspecified atom stereocenters. The van der Waals surface area contributed by atoms with Crippen LogP contribution in [-0.4, -0.2) is 9.97 Å². The number of nitrogens with two attached hydrogens (primary N) is 1. The highest BCUT2D eigenvalue weighted by atomic mass is 79.9. The predicted molar refractivity (Wildman–Crippen MR) is 66.9 cm³/mol. The lowest BCUT2D eigenvalue weighted by Crippen LogP contribution is -2.01. The van der Waals surface area contributed by atoms with Gasteiger partial charge in [0, 0.05) is 20.8 Å². The molecule has 2 N–H and O–H groups in total. The molecule has 0 aliphatic heterocycles. The van der Waals surface area contributed by atoms with Gasteiger partial charge < -0.3 is 5.73 Å². The van der Waals surface area contributed by atoms with Gasteiger partial charge in [0.1, 0.15) is 11.5 Å². The van der Waals surface area contributed by atoms with Crippen LogP contribution in [-0.2, 0) is 0 Å². The van der Waals surface area contributed by atoms with E-state index in [0.29, 0.717) is 5.82 Å². The fourth-order valence-corrected chi connectivity index (χ4v) is 2.74. The van der Waals surface area contributed by atoms with Gasteiger partial charge in [0.25, 0.3) is 0 Å². The second-order valence-electron chi connectivity index (χ2n) is 3.26. The third-order valence-electron chi connectivity index (χ3n) is 2.20. The van der Waals surface area contributed by atoms with E-state index >= 15 is 0 Å². The molecule has 2 rings (SSSR count). The molecule has 3 nitrogen and oxygen atoms in total. The van der Waals surface area contributed by atoms with Crippen molar-refractivity contribution >= 4 is 33.1 Å². The Hall–Kier alpha value is -0.940. The average Bonchev–Trinajstić information content (AvgIpc) is 2.58. The van der Waals surface area contributed by atoms with E-state index in [1.54, 1.807) is 11.3 Å². The molecular formula is C10H10BrN3S. The van der Waals surface area contributed by atoms with Crippen molar-refractivity contribution in [2.75, 3.05) is 5.73 Å². The number of halogens is 1. The SMILES string of the molecule is Cc1nc(N)c(-c2cscc2Br)nc1C. The summed E-state index contributed by atoms with van der Waals surface area (Å²) in [5.74, 6) is 0.484. The minimum atomic E-state index is 0.484. The summed E-state index contributed by atoms with van der Waals surface area (Å²) in [6.07, 6.45) is 0. The summed E-state index contributed by atoms with van der Waals surface area (Å²) in [6, 6.07) is 0. The summed E-state index contributed by atoms with van der Waals surface area (Å²) in [4.78, 5) is 8.73. The van der Waals surface area contributed by atoms with Crippen LogP contribution in [0.2, 0.25) is 0 Å². The molecule has 0 bridgehead atoms. The van der Waals surface area contributed by atoms with Crippen molar-refractivity contribution in [2.24, 2.45) is 0 Å². The van der Waals surface area contributed by atoms with Gasteiger partial charge in [-0.15, -0.1) is 0 Å². The van der Waals surface area contributed by atoms with Gasteiger partial charge in [0.15, 0.2) is 0 Å². The topological polar surface area (TPSA) is 51.8 Å². The lowest BCUT2D eigenvalue weighted by Gasteiger charge is -2.06. The molecule has 0 atom stereocenters. The zero-order valence-electron chi connectivity index (χ0n) is 8.41. The van der Waals surface area contributed by atoms with Crippen LogP contribution >= 0.6 is 27.3 Å². The number of hydrogen-bond acceptors (Lipinski definition) is 4. The van der Waals surface area contributed by atoms with E-state index < -0.39 is 0 Å². The summed E-state index contributed by atoms with van der Waals surface area (Å²) in [5.41, 5.74) is 9.42. The molecule has 0 spiro atoms. The molecule has 0 amide bonds. The Bertz CT molecular complexity index is 507. The largest absolute Gasteiger partial charge is 0.382 e. The van der Waals surface area contributed by atoms with E-state index in [1.807, 2.05) is 24.6 Å². The Balaban J connectivity index is 2.64. The molecule has 0 radical (unpaired) electrons. The molecule has 78 valence electrons. The van der Waals surface area contributed by atoms with E-state index in [4.69, 9.17) is 5.73 Å². The molecular weight excluding hydrogens is 274 g/mol. The van der Waals surface area contributed by atoms with Crippen molar-refractivity contribution in [3.63, 3.8) is 0 Å². The summed E-state index contributed by atoms with van der Waals surface area (Å²) in [5, 5.41) is 4.02. The van der Waals surface area contributed by atoms with Gasteiger partial charge in [-0.3, -0.25) is 0 Å². The zero-order valence-corrected chi connectivity index (χ0v) is 10.8. The third-order valence-corrected chi connectivity index (χ3v) is 3.91. The lowest BCUT2D eigenvalue weighted by molar-refractivity contribution is 1.06. The Labute approximate surface area is 101 Å². The maximum absolute atomic E-state index is 5.86. The lowest BCUT2D eigenvalue weighted by atomic mass is 10.2. The fourth-order valence-electron chi connectivity index (χ4n) is 1.27. The highest BCUT2D eigenvalue weighted by Crippen LogP contribution is 2.33. The minimum absolute atomic E-state index is 0.484. The van der Waals surface area contributed by atoms with E-state index in [9.17, 15) is 0 Å². The molecule has 0 aliphatic rings. The summed E-state index contributed by atoms with van der Waals surface area (Å²) in [6.45, 7) is 3.84. The summed E-state index contributed by atoms with van der Waals surface area (Å²) < 4.78 is 1.01. The molecule has 2 heterocycles. The smallest absolute Gasteiger partial charge is 0.150 e. The molecule has 0 saturated heterocycles. The molecule has 0 aromatic carbocycles.